The summed E-state index contributed by atoms with van der Waals surface area (Å²) in [4.78, 5) is 30.7. The van der Waals surface area contributed by atoms with Gasteiger partial charge in [0.15, 0.2) is 12.4 Å². The lowest BCUT2D eigenvalue weighted by atomic mass is 9.86. The molecule has 5 heteroatoms. The molecule has 0 aliphatic heterocycles. The van der Waals surface area contributed by atoms with Gasteiger partial charge in [0.2, 0.25) is 0 Å². The maximum atomic E-state index is 13.3. The molecule has 0 N–H and O–H groups in total. The van der Waals surface area contributed by atoms with E-state index in [2.05, 4.69) is 0 Å². The molecule has 1 aromatic heterocycles. The van der Waals surface area contributed by atoms with Crippen LogP contribution in [0.3, 0.4) is 0 Å². The number of carbonyl (C=O) groups excluding carboxylic acids is 2. The SMILES string of the molecule is O=C(COC(=O)c1c2c(nc3ccccc13)C(=Cc1ccc(F)cc1)CCC2)c1ccccc1. The molecule has 4 nitrogen and oxygen atoms in total. The van der Waals surface area contributed by atoms with Crippen molar-refractivity contribution < 1.29 is 18.7 Å². The minimum atomic E-state index is -0.526. The van der Waals surface area contributed by atoms with Crippen LogP contribution in [-0.2, 0) is 11.2 Å². The topological polar surface area (TPSA) is 56.3 Å². The van der Waals surface area contributed by atoms with E-state index in [1.54, 1.807) is 36.4 Å². The fourth-order valence-corrected chi connectivity index (χ4v) is 4.38. The van der Waals surface area contributed by atoms with Crippen molar-refractivity contribution in [2.75, 3.05) is 6.61 Å². The third kappa shape index (κ3) is 4.37. The van der Waals surface area contributed by atoms with Crippen molar-refractivity contribution in [3.05, 3.63) is 113 Å². The zero-order valence-electron chi connectivity index (χ0n) is 18.5. The standard InChI is InChI=1S/C29H22FNO3/c30-22-15-13-19(14-16-22)17-21-9-6-11-24-27(23-10-4-5-12-25(23)31-28(21)24)29(33)34-18-26(32)20-7-2-1-3-8-20/h1-5,7-8,10,12-17H,6,9,11,18H2. The van der Waals surface area contributed by atoms with Crippen LogP contribution in [0.2, 0.25) is 0 Å². The molecule has 0 bridgehead atoms. The first-order valence-corrected chi connectivity index (χ1v) is 11.2. The molecule has 0 fully saturated rings. The van der Waals surface area contributed by atoms with Crippen molar-refractivity contribution in [2.45, 2.75) is 19.3 Å². The molecule has 1 aliphatic carbocycles. The number of para-hydroxylation sites is 1. The number of carbonyl (C=O) groups is 2. The summed E-state index contributed by atoms with van der Waals surface area (Å²) in [7, 11) is 0. The number of Topliss-reactive ketones (excluding diaryl/α,β-unsaturated/α-hetero) is 1. The Morgan fingerprint density at radius 3 is 2.44 bits per heavy atom. The highest BCUT2D eigenvalue weighted by Gasteiger charge is 2.26. The Hall–Kier alpha value is -4.12. The summed E-state index contributed by atoms with van der Waals surface area (Å²) >= 11 is 0. The van der Waals surface area contributed by atoms with Crippen LogP contribution in [0, 0.1) is 5.82 Å². The molecule has 0 spiro atoms. The highest BCUT2D eigenvalue weighted by Crippen LogP contribution is 2.36. The number of ketones is 1. The highest BCUT2D eigenvalue weighted by molar-refractivity contribution is 6.08. The number of benzene rings is 3. The van der Waals surface area contributed by atoms with Crippen molar-refractivity contribution in [1.29, 1.82) is 0 Å². The van der Waals surface area contributed by atoms with E-state index >= 15 is 0 Å². The van der Waals surface area contributed by atoms with E-state index < -0.39 is 5.97 Å². The first kappa shape index (κ1) is 21.7. The number of nitrogens with zero attached hydrogens (tertiary/aromatic N) is 1. The zero-order chi connectivity index (χ0) is 23.5. The summed E-state index contributed by atoms with van der Waals surface area (Å²) in [5.41, 5.74) is 5.11. The average molecular weight is 451 g/mol. The smallest absolute Gasteiger partial charge is 0.339 e. The Balaban J connectivity index is 1.53. The van der Waals surface area contributed by atoms with E-state index in [1.807, 2.05) is 36.4 Å². The van der Waals surface area contributed by atoms with Gasteiger partial charge in [-0.2, -0.15) is 0 Å². The van der Waals surface area contributed by atoms with Gasteiger partial charge in [-0.25, -0.2) is 14.2 Å². The summed E-state index contributed by atoms with van der Waals surface area (Å²) in [6, 6.07) is 22.5. The molecular weight excluding hydrogens is 429 g/mol. The van der Waals surface area contributed by atoms with E-state index in [-0.39, 0.29) is 18.2 Å². The molecule has 4 aromatic rings. The fraction of sp³-hybridized carbons (Fsp3) is 0.138. The molecule has 5 rings (SSSR count). The van der Waals surface area contributed by atoms with E-state index in [4.69, 9.17) is 9.72 Å². The summed E-state index contributed by atoms with van der Waals surface area (Å²) < 4.78 is 18.9. The van der Waals surface area contributed by atoms with Crippen LogP contribution in [0.15, 0.2) is 78.9 Å². The molecule has 1 heterocycles. The summed E-state index contributed by atoms with van der Waals surface area (Å²) in [5, 5.41) is 0.710. The van der Waals surface area contributed by atoms with Crippen LogP contribution in [0.4, 0.5) is 4.39 Å². The maximum absolute atomic E-state index is 13.3. The second-order valence-corrected chi connectivity index (χ2v) is 8.27. The molecule has 168 valence electrons. The molecule has 0 atom stereocenters. The number of allylic oxidation sites excluding steroid dienone is 1. The number of halogens is 1. The van der Waals surface area contributed by atoms with Crippen LogP contribution >= 0.6 is 0 Å². The van der Waals surface area contributed by atoms with Crippen LogP contribution in [0.25, 0.3) is 22.6 Å². The Kier molecular flexibility index (Phi) is 6.00. The molecular formula is C29H22FNO3. The molecule has 34 heavy (non-hydrogen) atoms. The average Bonchev–Trinajstić information content (AvgIpc) is 2.88. The van der Waals surface area contributed by atoms with Gasteiger partial charge in [-0.15, -0.1) is 0 Å². The number of hydrogen-bond donors (Lipinski definition) is 0. The second-order valence-electron chi connectivity index (χ2n) is 8.27. The molecule has 1 aliphatic rings. The predicted octanol–water partition coefficient (Wildman–Crippen LogP) is 6.29. The number of pyridine rings is 1. The van der Waals surface area contributed by atoms with Crippen molar-refractivity contribution in [3.8, 4) is 0 Å². The number of hydrogen-bond acceptors (Lipinski definition) is 4. The third-order valence-electron chi connectivity index (χ3n) is 6.02. The molecule has 0 unspecified atom stereocenters. The van der Waals surface area contributed by atoms with Crippen molar-refractivity contribution in [1.82, 2.24) is 4.98 Å². The molecule has 0 saturated heterocycles. The number of rotatable bonds is 5. The van der Waals surface area contributed by atoms with E-state index in [9.17, 15) is 14.0 Å². The van der Waals surface area contributed by atoms with E-state index in [1.165, 1.54) is 12.1 Å². The Morgan fingerprint density at radius 2 is 1.65 bits per heavy atom. The Morgan fingerprint density at radius 1 is 0.912 bits per heavy atom. The van der Waals surface area contributed by atoms with Gasteiger partial charge in [0.05, 0.1) is 16.8 Å². The van der Waals surface area contributed by atoms with Gasteiger partial charge in [0.1, 0.15) is 5.82 Å². The Labute approximate surface area is 196 Å². The fourth-order valence-electron chi connectivity index (χ4n) is 4.38. The molecule has 3 aromatic carbocycles. The Bertz CT molecular complexity index is 1410. The van der Waals surface area contributed by atoms with Crippen LogP contribution in [0.5, 0.6) is 0 Å². The maximum Gasteiger partial charge on any atom is 0.339 e. The van der Waals surface area contributed by atoms with Gasteiger partial charge >= 0.3 is 5.97 Å². The van der Waals surface area contributed by atoms with Crippen LogP contribution < -0.4 is 0 Å². The monoisotopic (exact) mass is 451 g/mol. The van der Waals surface area contributed by atoms with Gasteiger partial charge in [0.25, 0.3) is 0 Å². The van der Waals surface area contributed by atoms with Crippen LogP contribution in [-0.4, -0.2) is 23.3 Å². The van der Waals surface area contributed by atoms with E-state index in [0.717, 1.165) is 35.2 Å². The van der Waals surface area contributed by atoms with E-state index in [0.29, 0.717) is 28.5 Å². The number of aromatic nitrogens is 1. The number of fused-ring (bicyclic) bond motifs is 2. The van der Waals surface area contributed by atoms with Crippen molar-refractivity contribution in [3.63, 3.8) is 0 Å². The predicted molar refractivity (Wildman–Crippen MR) is 130 cm³/mol. The number of esters is 1. The highest BCUT2D eigenvalue weighted by atomic mass is 19.1. The first-order chi connectivity index (χ1) is 16.6. The lowest BCUT2D eigenvalue weighted by Gasteiger charge is -2.22. The van der Waals surface area contributed by atoms with Gasteiger partial charge in [0, 0.05) is 10.9 Å². The largest absolute Gasteiger partial charge is 0.454 e. The molecule has 0 saturated carbocycles. The first-order valence-electron chi connectivity index (χ1n) is 11.2. The second kappa shape index (κ2) is 9.40. The van der Waals surface area contributed by atoms with Crippen LogP contribution in [0.1, 0.15) is 50.4 Å². The normalized spacial score (nSPS) is 14.1. The quantitative estimate of drug-likeness (QED) is 0.264. The molecule has 0 amide bonds. The van der Waals surface area contributed by atoms with Gasteiger partial charge < -0.3 is 4.74 Å². The van der Waals surface area contributed by atoms with Gasteiger partial charge in [-0.05, 0) is 60.2 Å². The number of ether oxygens (including phenoxy) is 1. The summed E-state index contributed by atoms with van der Waals surface area (Å²) in [5.74, 6) is -1.06. The minimum Gasteiger partial charge on any atom is -0.454 e. The third-order valence-corrected chi connectivity index (χ3v) is 6.02. The zero-order valence-corrected chi connectivity index (χ0v) is 18.5. The molecule has 0 radical (unpaired) electrons. The van der Waals surface area contributed by atoms with Gasteiger partial charge in [-0.3, -0.25) is 4.79 Å². The lowest BCUT2D eigenvalue weighted by molar-refractivity contribution is 0.0475. The lowest BCUT2D eigenvalue weighted by Crippen LogP contribution is -2.18. The summed E-state index contributed by atoms with van der Waals surface area (Å²) in [6.45, 7) is -0.327. The van der Waals surface area contributed by atoms with Crippen molar-refractivity contribution >= 4 is 34.3 Å². The van der Waals surface area contributed by atoms with Crippen molar-refractivity contribution in [2.24, 2.45) is 0 Å². The van der Waals surface area contributed by atoms with Gasteiger partial charge in [-0.1, -0.05) is 60.7 Å². The summed E-state index contributed by atoms with van der Waals surface area (Å²) in [6.07, 6.45) is 4.33. The minimum absolute atomic E-state index is 0.252.